The van der Waals surface area contributed by atoms with Gasteiger partial charge in [-0.2, -0.15) is 0 Å². The molecule has 2 rings (SSSR count). The molecule has 1 aromatic rings. The Hall–Kier alpha value is -2.18. The zero-order valence-electron chi connectivity index (χ0n) is 10.1. The Morgan fingerprint density at radius 3 is 2.42 bits per heavy atom. The molecule has 1 saturated carbocycles. The van der Waals surface area contributed by atoms with Crippen LogP contribution in [0, 0.1) is 11.6 Å². The maximum absolute atomic E-state index is 13.4. The number of halogens is 2. The molecule has 0 spiro atoms. The Labute approximate surface area is 107 Å². The summed E-state index contributed by atoms with van der Waals surface area (Å²) in [6, 6.07) is 0.529. The highest BCUT2D eigenvalue weighted by molar-refractivity contribution is 5.93. The minimum Gasteiger partial charge on any atom is -0.478 e. The maximum Gasteiger partial charge on any atom is 0.338 e. The van der Waals surface area contributed by atoms with Crippen molar-refractivity contribution in [1.82, 2.24) is 5.32 Å². The molecule has 0 atom stereocenters. The number of hydrogen-bond acceptors (Lipinski definition) is 2. The van der Waals surface area contributed by atoms with Crippen molar-refractivity contribution in [1.29, 1.82) is 0 Å². The van der Waals surface area contributed by atoms with Gasteiger partial charge in [-0.05, 0) is 25.8 Å². The largest absolute Gasteiger partial charge is 0.478 e. The van der Waals surface area contributed by atoms with Crippen LogP contribution in [0.25, 0.3) is 0 Å². The smallest absolute Gasteiger partial charge is 0.338 e. The van der Waals surface area contributed by atoms with E-state index in [1.165, 1.54) is 0 Å². The lowest BCUT2D eigenvalue weighted by atomic mass is 10.2. The number of rotatable bonds is 3. The molecule has 1 aliphatic rings. The third-order valence-electron chi connectivity index (χ3n) is 2.95. The van der Waals surface area contributed by atoms with Gasteiger partial charge in [0.2, 0.25) is 0 Å². The van der Waals surface area contributed by atoms with E-state index in [-0.39, 0.29) is 11.2 Å². The lowest BCUT2D eigenvalue weighted by molar-refractivity contribution is 0.0692. The van der Waals surface area contributed by atoms with Crippen LogP contribution in [-0.2, 0) is 0 Å². The van der Waals surface area contributed by atoms with Gasteiger partial charge >= 0.3 is 12.0 Å². The molecular formula is C12H12F2N2O3. The lowest BCUT2D eigenvalue weighted by Crippen LogP contribution is -2.37. The van der Waals surface area contributed by atoms with Crippen LogP contribution in [-0.4, -0.2) is 22.6 Å². The monoisotopic (exact) mass is 270 g/mol. The molecule has 0 aliphatic heterocycles. The zero-order valence-corrected chi connectivity index (χ0v) is 10.1. The normalized spacial score (nSPS) is 15.7. The van der Waals surface area contributed by atoms with Gasteiger partial charge in [0, 0.05) is 11.6 Å². The predicted molar refractivity (Wildman–Crippen MR) is 63.1 cm³/mol. The number of carboxylic acids is 1. The van der Waals surface area contributed by atoms with Crippen LogP contribution >= 0.6 is 0 Å². The van der Waals surface area contributed by atoms with Gasteiger partial charge in [0.25, 0.3) is 0 Å². The van der Waals surface area contributed by atoms with Gasteiger partial charge in [0.1, 0.15) is 11.6 Å². The van der Waals surface area contributed by atoms with Crippen molar-refractivity contribution in [3.8, 4) is 0 Å². The highest BCUT2D eigenvalue weighted by Gasteiger charge is 2.38. The summed E-state index contributed by atoms with van der Waals surface area (Å²) in [6.45, 7) is 1.83. The summed E-state index contributed by atoms with van der Waals surface area (Å²) in [6.07, 6.45) is 1.65. The standard InChI is InChI=1S/C12H12F2N2O3/c1-12(2-3-12)16-11(19)15-9-4-6(10(17)18)7(13)5-8(9)14/h4-5H,2-3H2,1H3,(H,17,18)(H2,15,16,19). The number of aromatic carboxylic acids is 1. The predicted octanol–water partition coefficient (Wildman–Crippen LogP) is 2.34. The number of anilines is 1. The van der Waals surface area contributed by atoms with Gasteiger partial charge in [-0.3, -0.25) is 0 Å². The first kappa shape index (κ1) is 13.3. The Morgan fingerprint density at radius 2 is 1.89 bits per heavy atom. The van der Waals surface area contributed by atoms with E-state index in [2.05, 4.69) is 10.6 Å². The molecule has 0 saturated heterocycles. The second kappa shape index (κ2) is 4.49. The topological polar surface area (TPSA) is 78.4 Å². The van der Waals surface area contributed by atoms with Crippen molar-refractivity contribution in [2.45, 2.75) is 25.3 Å². The highest BCUT2D eigenvalue weighted by atomic mass is 19.1. The number of carbonyl (C=O) groups is 2. The van der Waals surface area contributed by atoms with Crippen LogP contribution in [0.3, 0.4) is 0 Å². The highest BCUT2D eigenvalue weighted by Crippen LogP contribution is 2.34. The molecule has 0 unspecified atom stereocenters. The molecule has 1 aromatic carbocycles. The molecule has 102 valence electrons. The maximum atomic E-state index is 13.4. The molecule has 1 fully saturated rings. The number of carbonyl (C=O) groups excluding carboxylic acids is 1. The van der Waals surface area contributed by atoms with E-state index < -0.39 is 29.2 Å². The Morgan fingerprint density at radius 1 is 1.26 bits per heavy atom. The van der Waals surface area contributed by atoms with Gasteiger partial charge in [-0.15, -0.1) is 0 Å². The molecule has 0 radical (unpaired) electrons. The van der Waals surface area contributed by atoms with Gasteiger partial charge in [0.15, 0.2) is 0 Å². The van der Waals surface area contributed by atoms with Crippen LogP contribution in [0.5, 0.6) is 0 Å². The fraction of sp³-hybridized carbons (Fsp3) is 0.333. The van der Waals surface area contributed by atoms with Gasteiger partial charge in [0.05, 0.1) is 11.3 Å². The first-order valence-electron chi connectivity index (χ1n) is 5.62. The molecule has 3 N–H and O–H groups in total. The lowest BCUT2D eigenvalue weighted by Gasteiger charge is -2.13. The average Bonchev–Trinajstić information content (AvgIpc) is 2.99. The Kier molecular flexibility index (Phi) is 3.13. The summed E-state index contributed by atoms with van der Waals surface area (Å²) in [5, 5.41) is 13.5. The fourth-order valence-corrected chi connectivity index (χ4v) is 1.55. The van der Waals surface area contributed by atoms with Crippen molar-refractivity contribution >= 4 is 17.7 Å². The number of carboxylic acid groups (broad SMARTS) is 1. The molecule has 1 aliphatic carbocycles. The minimum atomic E-state index is -1.53. The second-order valence-electron chi connectivity index (χ2n) is 4.76. The van der Waals surface area contributed by atoms with Gasteiger partial charge in [-0.25, -0.2) is 18.4 Å². The van der Waals surface area contributed by atoms with E-state index in [4.69, 9.17) is 5.11 Å². The van der Waals surface area contributed by atoms with Gasteiger partial charge in [-0.1, -0.05) is 0 Å². The van der Waals surface area contributed by atoms with E-state index in [0.29, 0.717) is 6.07 Å². The molecular weight excluding hydrogens is 258 g/mol. The molecule has 2 amide bonds. The Balaban J connectivity index is 2.17. The summed E-state index contributed by atoms with van der Waals surface area (Å²) in [5.41, 5.74) is -1.37. The molecule has 7 heteroatoms. The molecule has 19 heavy (non-hydrogen) atoms. The van der Waals surface area contributed by atoms with Crippen molar-refractivity contribution < 1.29 is 23.5 Å². The van der Waals surface area contributed by atoms with Crippen LogP contribution < -0.4 is 10.6 Å². The van der Waals surface area contributed by atoms with Crippen LogP contribution in [0.1, 0.15) is 30.1 Å². The number of benzene rings is 1. The summed E-state index contributed by atoms with van der Waals surface area (Å²) in [5.74, 6) is -3.75. The van der Waals surface area contributed by atoms with E-state index in [1.54, 1.807) is 0 Å². The zero-order chi connectivity index (χ0) is 14.2. The number of hydrogen-bond donors (Lipinski definition) is 3. The summed E-state index contributed by atoms with van der Waals surface area (Å²) >= 11 is 0. The molecule has 0 aromatic heterocycles. The Bertz CT molecular complexity index is 556. The summed E-state index contributed by atoms with van der Waals surface area (Å²) in [7, 11) is 0. The molecule has 5 nitrogen and oxygen atoms in total. The third kappa shape index (κ3) is 2.98. The molecule has 0 bridgehead atoms. The fourth-order valence-electron chi connectivity index (χ4n) is 1.55. The van der Waals surface area contributed by atoms with Crippen molar-refractivity contribution in [3.05, 3.63) is 29.3 Å². The second-order valence-corrected chi connectivity index (χ2v) is 4.76. The van der Waals surface area contributed by atoms with Crippen molar-refractivity contribution in [2.75, 3.05) is 5.32 Å². The average molecular weight is 270 g/mol. The van der Waals surface area contributed by atoms with E-state index >= 15 is 0 Å². The van der Waals surface area contributed by atoms with E-state index in [0.717, 1.165) is 18.9 Å². The number of nitrogens with one attached hydrogen (secondary N) is 2. The third-order valence-corrected chi connectivity index (χ3v) is 2.95. The van der Waals surface area contributed by atoms with Crippen LogP contribution in [0.4, 0.5) is 19.3 Å². The van der Waals surface area contributed by atoms with Crippen LogP contribution in [0.15, 0.2) is 12.1 Å². The SMILES string of the molecule is CC1(NC(=O)Nc2cc(C(=O)O)c(F)cc2F)CC1. The summed E-state index contributed by atoms with van der Waals surface area (Å²) < 4.78 is 26.6. The van der Waals surface area contributed by atoms with Crippen LogP contribution in [0.2, 0.25) is 0 Å². The first-order chi connectivity index (χ1) is 8.81. The van der Waals surface area contributed by atoms with Crippen molar-refractivity contribution in [2.24, 2.45) is 0 Å². The number of urea groups is 1. The minimum absolute atomic E-state index is 0.295. The summed E-state index contributed by atoms with van der Waals surface area (Å²) in [4.78, 5) is 22.3. The quantitative estimate of drug-likeness (QED) is 0.788. The van der Waals surface area contributed by atoms with Gasteiger partial charge < -0.3 is 15.7 Å². The van der Waals surface area contributed by atoms with Crippen molar-refractivity contribution in [3.63, 3.8) is 0 Å². The van der Waals surface area contributed by atoms with E-state index in [1.807, 2.05) is 6.92 Å². The van der Waals surface area contributed by atoms with E-state index in [9.17, 15) is 18.4 Å². The number of amides is 2. The molecule has 0 heterocycles. The first-order valence-corrected chi connectivity index (χ1v) is 5.62.